The standard InChI is InChI=1S/C22H21ClN3OS/c23-19-9-5-4-8-18(19)14-20-25-26-22(28-20)24-21(27)17-12-10-16(11-13-17)15-6-2-1-3-7-15/h1,4-5,8-13,15H,2-3,6-7,14H2,(H,24,26,27). The van der Waals surface area contributed by atoms with E-state index in [1.165, 1.54) is 42.6 Å². The molecule has 0 spiro atoms. The van der Waals surface area contributed by atoms with Gasteiger partial charge in [0.2, 0.25) is 5.13 Å². The number of anilines is 1. The van der Waals surface area contributed by atoms with Crippen LogP contribution in [0.1, 0.15) is 58.1 Å². The summed E-state index contributed by atoms with van der Waals surface area (Å²) in [7, 11) is 0. The molecule has 1 radical (unpaired) electrons. The van der Waals surface area contributed by atoms with Crippen LogP contribution in [0.3, 0.4) is 0 Å². The Hall–Kier alpha value is -2.24. The number of amides is 1. The van der Waals surface area contributed by atoms with Crippen LogP contribution in [0.2, 0.25) is 5.02 Å². The van der Waals surface area contributed by atoms with Crippen molar-refractivity contribution < 1.29 is 4.79 Å². The molecular weight excluding hydrogens is 390 g/mol. The summed E-state index contributed by atoms with van der Waals surface area (Å²) in [6, 6.07) is 15.6. The second-order valence-corrected chi connectivity index (χ2v) is 8.45. The molecule has 4 rings (SSSR count). The zero-order chi connectivity index (χ0) is 19.3. The van der Waals surface area contributed by atoms with Crippen molar-refractivity contribution in [1.82, 2.24) is 10.2 Å². The normalized spacial score (nSPS) is 14.8. The predicted octanol–water partition coefficient (Wildman–Crippen LogP) is 5.90. The molecule has 1 fully saturated rings. The fourth-order valence-corrected chi connectivity index (χ4v) is 4.48. The second-order valence-electron chi connectivity index (χ2n) is 6.99. The predicted molar refractivity (Wildman–Crippen MR) is 114 cm³/mol. The van der Waals surface area contributed by atoms with Crippen molar-refractivity contribution >= 4 is 34.0 Å². The molecule has 4 nitrogen and oxygen atoms in total. The first-order chi connectivity index (χ1) is 13.7. The molecule has 3 aromatic rings. The fraction of sp³-hybridized carbons (Fsp3) is 0.273. The second kappa shape index (κ2) is 8.84. The summed E-state index contributed by atoms with van der Waals surface area (Å²) in [5, 5.41) is 13.1. The van der Waals surface area contributed by atoms with E-state index >= 15 is 0 Å². The molecule has 1 heterocycles. The molecule has 143 valence electrons. The first-order valence-electron chi connectivity index (χ1n) is 9.48. The molecule has 28 heavy (non-hydrogen) atoms. The van der Waals surface area contributed by atoms with E-state index in [4.69, 9.17) is 11.6 Å². The molecule has 1 amide bonds. The van der Waals surface area contributed by atoms with Gasteiger partial charge in [-0.25, -0.2) is 0 Å². The maximum absolute atomic E-state index is 12.5. The van der Waals surface area contributed by atoms with Crippen LogP contribution in [0, 0.1) is 6.42 Å². The van der Waals surface area contributed by atoms with Crippen LogP contribution < -0.4 is 5.32 Å². The zero-order valence-corrected chi connectivity index (χ0v) is 17.0. The third kappa shape index (κ3) is 4.59. The summed E-state index contributed by atoms with van der Waals surface area (Å²) in [5.74, 6) is 0.446. The highest BCUT2D eigenvalue weighted by Gasteiger charge is 2.16. The van der Waals surface area contributed by atoms with Crippen LogP contribution in [0.15, 0.2) is 48.5 Å². The van der Waals surface area contributed by atoms with Crippen LogP contribution in [-0.4, -0.2) is 16.1 Å². The molecule has 0 bridgehead atoms. The summed E-state index contributed by atoms with van der Waals surface area (Å²) in [5.41, 5.74) is 2.95. The minimum atomic E-state index is -0.163. The van der Waals surface area contributed by atoms with Gasteiger partial charge in [-0.3, -0.25) is 10.1 Å². The average molecular weight is 411 g/mol. The van der Waals surface area contributed by atoms with Gasteiger partial charge in [0.1, 0.15) is 5.01 Å². The van der Waals surface area contributed by atoms with E-state index in [1.807, 2.05) is 36.4 Å². The smallest absolute Gasteiger partial charge is 0.257 e. The Kier molecular flexibility index (Phi) is 6.03. The van der Waals surface area contributed by atoms with Gasteiger partial charge in [0.25, 0.3) is 5.91 Å². The molecule has 1 aliphatic carbocycles. The SMILES string of the molecule is O=C(Nc1nnc(Cc2ccccc2Cl)s1)c1ccc(C2CC[CH]CC2)cc1. The van der Waals surface area contributed by atoms with Gasteiger partial charge in [-0.15, -0.1) is 10.2 Å². The Morgan fingerprint density at radius 3 is 2.57 bits per heavy atom. The Morgan fingerprint density at radius 2 is 1.82 bits per heavy atom. The number of hydrogen-bond donors (Lipinski definition) is 1. The quantitative estimate of drug-likeness (QED) is 0.570. The highest BCUT2D eigenvalue weighted by Crippen LogP contribution is 2.32. The summed E-state index contributed by atoms with van der Waals surface area (Å²) < 4.78 is 0. The molecule has 0 atom stereocenters. The van der Waals surface area contributed by atoms with Gasteiger partial charge in [0.15, 0.2) is 0 Å². The maximum Gasteiger partial charge on any atom is 0.257 e. The number of hydrogen-bond acceptors (Lipinski definition) is 4. The van der Waals surface area contributed by atoms with Gasteiger partial charge >= 0.3 is 0 Å². The molecule has 6 heteroatoms. The molecule has 1 saturated carbocycles. The largest absolute Gasteiger partial charge is 0.296 e. The van der Waals surface area contributed by atoms with Gasteiger partial charge < -0.3 is 0 Å². The van der Waals surface area contributed by atoms with Crippen molar-refractivity contribution in [3.8, 4) is 0 Å². The Morgan fingerprint density at radius 1 is 1.07 bits per heavy atom. The van der Waals surface area contributed by atoms with Gasteiger partial charge in [-0.05, 0) is 67.3 Å². The maximum atomic E-state index is 12.5. The van der Waals surface area contributed by atoms with E-state index in [0.717, 1.165) is 10.6 Å². The van der Waals surface area contributed by atoms with Crippen LogP contribution in [-0.2, 0) is 6.42 Å². The van der Waals surface area contributed by atoms with Crippen LogP contribution in [0.25, 0.3) is 0 Å². The van der Waals surface area contributed by atoms with Crippen molar-refractivity contribution in [1.29, 1.82) is 0 Å². The van der Waals surface area contributed by atoms with Gasteiger partial charge in [0.05, 0.1) is 0 Å². The highest BCUT2D eigenvalue weighted by atomic mass is 35.5. The van der Waals surface area contributed by atoms with E-state index < -0.39 is 0 Å². The lowest BCUT2D eigenvalue weighted by atomic mass is 9.84. The van der Waals surface area contributed by atoms with Crippen LogP contribution in [0.4, 0.5) is 5.13 Å². The number of nitrogens with one attached hydrogen (secondary N) is 1. The first-order valence-corrected chi connectivity index (χ1v) is 10.7. The van der Waals surface area contributed by atoms with E-state index in [0.29, 0.717) is 28.1 Å². The molecule has 0 aliphatic heterocycles. The molecule has 1 aliphatic rings. The molecule has 2 aromatic carbocycles. The molecule has 1 N–H and O–H groups in total. The van der Waals surface area contributed by atoms with Crippen molar-refractivity contribution in [2.75, 3.05) is 5.32 Å². The van der Waals surface area contributed by atoms with Crippen LogP contribution in [0.5, 0.6) is 0 Å². The average Bonchev–Trinajstić information content (AvgIpc) is 3.17. The lowest BCUT2D eigenvalue weighted by Crippen LogP contribution is -2.12. The van der Waals surface area contributed by atoms with Crippen molar-refractivity contribution in [3.63, 3.8) is 0 Å². The van der Waals surface area contributed by atoms with Crippen LogP contribution >= 0.6 is 22.9 Å². The lowest BCUT2D eigenvalue weighted by Gasteiger charge is -2.21. The number of halogens is 1. The van der Waals surface area contributed by atoms with E-state index in [1.54, 1.807) is 0 Å². The highest BCUT2D eigenvalue weighted by molar-refractivity contribution is 7.15. The zero-order valence-electron chi connectivity index (χ0n) is 15.4. The number of carbonyl (C=O) groups excluding carboxylic acids is 1. The Bertz CT molecular complexity index is 948. The lowest BCUT2D eigenvalue weighted by molar-refractivity contribution is 0.102. The minimum absolute atomic E-state index is 0.163. The number of rotatable bonds is 5. The number of carbonyl (C=O) groups is 1. The first kappa shape index (κ1) is 19.1. The van der Waals surface area contributed by atoms with Crippen molar-refractivity contribution in [3.05, 3.63) is 81.7 Å². The van der Waals surface area contributed by atoms with Crippen molar-refractivity contribution in [2.45, 2.75) is 38.0 Å². The van der Waals surface area contributed by atoms with Crippen molar-refractivity contribution in [2.24, 2.45) is 0 Å². The van der Waals surface area contributed by atoms with E-state index in [2.05, 4.69) is 34.1 Å². The fourth-order valence-electron chi connectivity index (χ4n) is 3.52. The topological polar surface area (TPSA) is 54.9 Å². The molecule has 0 saturated heterocycles. The number of nitrogens with zero attached hydrogens (tertiary/aromatic N) is 2. The number of benzene rings is 2. The third-order valence-electron chi connectivity index (χ3n) is 5.07. The third-order valence-corrected chi connectivity index (χ3v) is 6.28. The number of aromatic nitrogens is 2. The minimum Gasteiger partial charge on any atom is -0.296 e. The Labute approximate surface area is 174 Å². The van der Waals surface area contributed by atoms with E-state index in [-0.39, 0.29) is 5.91 Å². The molecular formula is C22H21ClN3OS. The molecule has 1 aromatic heterocycles. The molecule has 0 unspecified atom stereocenters. The van der Waals surface area contributed by atoms with Gasteiger partial charge in [-0.1, -0.05) is 53.3 Å². The summed E-state index contributed by atoms with van der Waals surface area (Å²) in [6.07, 6.45) is 7.72. The summed E-state index contributed by atoms with van der Waals surface area (Å²) in [6.45, 7) is 0. The Balaban J connectivity index is 1.38. The monoisotopic (exact) mass is 410 g/mol. The summed E-state index contributed by atoms with van der Waals surface area (Å²) in [4.78, 5) is 12.5. The van der Waals surface area contributed by atoms with Gasteiger partial charge in [0, 0.05) is 17.0 Å². The summed E-state index contributed by atoms with van der Waals surface area (Å²) >= 11 is 7.57. The van der Waals surface area contributed by atoms with E-state index in [9.17, 15) is 4.79 Å². The van der Waals surface area contributed by atoms with Gasteiger partial charge in [-0.2, -0.15) is 0 Å².